The van der Waals surface area contributed by atoms with Crippen molar-refractivity contribution in [2.75, 3.05) is 13.2 Å². The van der Waals surface area contributed by atoms with Gasteiger partial charge < -0.3 is 35.0 Å². The van der Waals surface area contributed by atoms with Crippen LogP contribution in [0.4, 0.5) is 0 Å². The van der Waals surface area contributed by atoms with Crippen LogP contribution in [0, 0.1) is 0 Å². The Labute approximate surface area is 96.5 Å². The fourth-order valence-electron chi connectivity index (χ4n) is 0. The Bertz CT molecular complexity index is 26.5. The van der Waals surface area contributed by atoms with Crippen molar-refractivity contribution < 1.29 is 56.7 Å². The maximum absolute atomic E-state index is 7.88. The first-order valence-corrected chi connectivity index (χ1v) is 3.05. The van der Waals surface area contributed by atoms with Gasteiger partial charge in [-0.1, -0.05) is 13.8 Å². The predicted molar refractivity (Wildman–Crippen MR) is 34.8 cm³/mol. The van der Waals surface area contributed by atoms with E-state index in [1.54, 1.807) is 0 Å². The maximum Gasteiger partial charge on any atom is 2.00 e. The van der Waals surface area contributed by atoms with Crippen molar-refractivity contribution in [3.63, 3.8) is 0 Å². The van der Waals surface area contributed by atoms with Gasteiger partial charge in [-0.2, -0.15) is 0 Å². The van der Waals surface area contributed by atoms with E-state index in [4.69, 9.17) is 10.2 Å². The van der Waals surface area contributed by atoms with E-state index in [2.05, 4.69) is 0 Å². The third kappa shape index (κ3) is 92.2. The zero-order valence-corrected chi connectivity index (χ0v) is 10.1. The molecule has 5 heteroatoms. The monoisotopic (exact) mass is 238 g/mol. The Morgan fingerprint density at radius 3 is 0.909 bits per heavy atom. The van der Waals surface area contributed by atoms with Crippen LogP contribution in [0.1, 0.15) is 26.7 Å². The van der Waals surface area contributed by atoms with Crippen molar-refractivity contribution in [1.82, 2.24) is 0 Å². The second kappa shape index (κ2) is 43.0. The molecule has 2 nitrogen and oxygen atoms in total. The summed E-state index contributed by atoms with van der Waals surface area (Å²) in [6.07, 6.45) is 1.75. The van der Waals surface area contributed by atoms with Crippen LogP contribution in [0.5, 0.6) is 0 Å². The number of aliphatic hydroxyl groups excluding tert-OH is 2. The minimum atomic E-state index is 0. The van der Waals surface area contributed by atoms with Gasteiger partial charge in [0.2, 0.25) is 0 Å². The number of aliphatic hydroxyl groups is 2. The molecular formula is C6H16Cl2O2Ti. The van der Waals surface area contributed by atoms with Crippen molar-refractivity contribution in [1.29, 1.82) is 0 Å². The van der Waals surface area contributed by atoms with E-state index in [1.165, 1.54) is 0 Å². The summed E-state index contributed by atoms with van der Waals surface area (Å²) in [6.45, 7) is 4.50. The van der Waals surface area contributed by atoms with Crippen LogP contribution in [0.15, 0.2) is 0 Å². The zero-order valence-electron chi connectivity index (χ0n) is 6.98. The Morgan fingerprint density at radius 1 is 0.818 bits per heavy atom. The van der Waals surface area contributed by atoms with Crippen LogP contribution in [-0.4, -0.2) is 23.4 Å². The third-order valence-electron chi connectivity index (χ3n) is 0.447. The Kier molecular flexibility index (Phi) is 115. The SMILES string of the molecule is CCCO.CCCO.[Cl-].[Cl-].[Ti+2]. The number of halogens is 2. The van der Waals surface area contributed by atoms with E-state index >= 15 is 0 Å². The summed E-state index contributed by atoms with van der Waals surface area (Å²) in [7, 11) is 0. The molecule has 0 aromatic rings. The average Bonchev–Trinajstić information content (AvgIpc) is 1.88. The molecule has 0 spiro atoms. The summed E-state index contributed by atoms with van der Waals surface area (Å²) in [6, 6.07) is 0. The van der Waals surface area contributed by atoms with Gasteiger partial charge in [0.15, 0.2) is 0 Å². The molecule has 0 heterocycles. The molecule has 0 aromatic heterocycles. The smallest absolute Gasteiger partial charge is 1.00 e. The molecule has 0 rings (SSSR count). The first-order valence-electron chi connectivity index (χ1n) is 3.05. The zero-order chi connectivity index (χ0) is 6.83. The van der Waals surface area contributed by atoms with Crippen molar-refractivity contribution in [2.45, 2.75) is 26.7 Å². The minimum absolute atomic E-state index is 0. The molecule has 11 heavy (non-hydrogen) atoms. The second-order valence-electron chi connectivity index (χ2n) is 1.45. The fourth-order valence-corrected chi connectivity index (χ4v) is 0. The Balaban J connectivity index is -0.0000000171. The van der Waals surface area contributed by atoms with Gasteiger partial charge in [-0.3, -0.25) is 0 Å². The first kappa shape index (κ1) is 29.5. The first-order chi connectivity index (χ1) is 3.83. The number of hydrogen-bond donors (Lipinski definition) is 2. The number of hydrogen-bond acceptors (Lipinski definition) is 2. The van der Waals surface area contributed by atoms with Crippen LogP contribution in [-0.2, 0) is 21.7 Å². The molecule has 0 aliphatic heterocycles. The van der Waals surface area contributed by atoms with Gasteiger partial charge in [0, 0.05) is 13.2 Å². The Morgan fingerprint density at radius 2 is 0.909 bits per heavy atom. The van der Waals surface area contributed by atoms with E-state index in [0.717, 1.165) is 12.8 Å². The summed E-state index contributed by atoms with van der Waals surface area (Å²) in [5, 5.41) is 15.8. The van der Waals surface area contributed by atoms with Crippen LogP contribution in [0.2, 0.25) is 0 Å². The predicted octanol–water partition coefficient (Wildman–Crippen LogP) is -5.22. The van der Waals surface area contributed by atoms with Gasteiger partial charge >= 0.3 is 21.7 Å². The molecule has 0 amide bonds. The maximum atomic E-state index is 7.88. The van der Waals surface area contributed by atoms with E-state index in [-0.39, 0.29) is 46.5 Å². The van der Waals surface area contributed by atoms with Crippen molar-refractivity contribution in [2.24, 2.45) is 0 Å². The molecule has 70 valence electrons. The standard InChI is InChI=1S/2C3H8O.2ClH.Ti/c2*1-2-3-4;;;/h2*4H,2-3H2,1H3;2*1H;/q;;;;+2/p-2. The quantitative estimate of drug-likeness (QED) is 0.473. The molecule has 0 saturated carbocycles. The molecule has 0 atom stereocenters. The average molecular weight is 239 g/mol. The van der Waals surface area contributed by atoms with Gasteiger partial charge in [0.05, 0.1) is 0 Å². The summed E-state index contributed by atoms with van der Waals surface area (Å²) in [4.78, 5) is 0. The van der Waals surface area contributed by atoms with Crippen LogP contribution in [0.25, 0.3) is 0 Å². The minimum Gasteiger partial charge on any atom is -1.00 e. The molecule has 0 aliphatic carbocycles. The van der Waals surface area contributed by atoms with Crippen molar-refractivity contribution in [3.05, 3.63) is 0 Å². The van der Waals surface area contributed by atoms with Gasteiger partial charge in [-0.25, -0.2) is 0 Å². The largest absolute Gasteiger partial charge is 2.00 e. The molecule has 0 fully saturated rings. The third-order valence-corrected chi connectivity index (χ3v) is 0.447. The molecule has 0 unspecified atom stereocenters. The van der Waals surface area contributed by atoms with Crippen LogP contribution in [0.3, 0.4) is 0 Å². The molecule has 0 saturated heterocycles. The van der Waals surface area contributed by atoms with Crippen molar-refractivity contribution in [3.8, 4) is 0 Å². The van der Waals surface area contributed by atoms with E-state index < -0.39 is 0 Å². The summed E-state index contributed by atoms with van der Waals surface area (Å²) >= 11 is 0. The van der Waals surface area contributed by atoms with Crippen LogP contribution < -0.4 is 24.8 Å². The molecule has 0 aromatic carbocycles. The van der Waals surface area contributed by atoms with Gasteiger partial charge in [0.1, 0.15) is 0 Å². The molecule has 0 radical (unpaired) electrons. The van der Waals surface area contributed by atoms with Crippen LogP contribution >= 0.6 is 0 Å². The summed E-state index contributed by atoms with van der Waals surface area (Å²) < 4.78 is 0. The van der Waals surface area contributed by atoms with Gasteiger partial charge in [-0.05, 0) is 12.8 Å². The van der Waals surface area contributed by atoms with E-state index in [9.17, 15) is 0 Å². The van der Waals surface area contributed by atoms with E-state index in [0.29, 0.717) is 13.2 Å². The number of rotatable bonds is 2. The molecule has 0 bridgehead atoms. The summed E-state index contributed by atoms with van der Waals surface area (Å²) in [5.74, 6) is 0. The van der Waals surface area contributed by atoms with Gasteiger partial charge in [-0.15, -0.1) is 0 Å². The molecular weight excluding hydrogens is 223 g/mol. The normalized spacial score (nSPS) is 5.45. The molecule has 0 aliphatic rings. The van der Waals surface area contributed by atoms with Crippen molar-refractivity contribution >= 4 is 0 Å². The van der Waals surface area contributed by atoms with E-state index in [1.807, 2.05) is 13.8 Å². The topological polar surface area (TPSA) is 40.5 Å². The Hall–Kier alpha value is 1.21. The second-order valence-corrected chi connectivity index (χ2v) is 1.45. The fraction of sp³-hybridized carbons (Fsp3) is 1.00. The van der Waals surface area contributed by atoms with Gasteiger partial charge in [0.25, 0.3) is 0 Å². The molecule has 2 N–H and O–H groups in total. The summed E-state index contributed by atoms with van der Waals surface area (Å²) in [5.41, 5.74) is 0.